The van der Waals surface area contributed by atoms with Crippen LogP contribution < -0.4 is 0 Å². The standard InChI is InChI=1S/C16H23NO2S/c1-17(15-8-4-5-9-15)20(18,19)16-11-10-13-6-2-3-7-14(13)12-16/h10-12,15H,2-9H2,1H3. The molecule has 0 heterocycles. The second kappa shape index (κ2) is 5.49. The lowest BCUT2D eigenvalue weighted by molar-refractivity contribution is 0.373. The van der Waals surface area contributed by atoms with E-state index in [-0.39, 0.29) is 6.04 Å². The number of aryl methyl sites for hydroxylation is 2. The van der Waals surface area contributed by atoms with Crippen LogP contribution in [-0.4, -0.2) is 25.8 Å². The maximum absolute atomic E-state index is 12.7. The largest absolute Gasteiger partial charge is 0.243 e. The van der Waals surface area contributed by atoms with Crippen molar-refractivity contribution in [2.24, 2.45) is 0 Å². The fraction of sp³-hybridized carbons (Fsp3) is 0.625. The average molecular weight is 293 g/mol. The summed E-state index contributed by atoms with van der Waals surface area (Å²) >= 11 is 0. The van der Waals surface area contributed by atoms with Gasteiger partial charge in [-0.3, -0.25) is 0 Å². The molecule has 0 saturated heterocycles. The molecule has 0 spiro atoms. The third-order valence-corrected chi connectivity index (χ3v) is 6.74. The maximum Gasteiger partial charge on any atom is 0.243 e. The van der Waals surface area contributed by atoms with Crippen LogP contribution in [0, 0.1) is 0 Å². The van der Waals surface area contributed by atoms with Crippen molar-refractivity contribution in [3.05, 3.63) is 29.3 Å². The van der Waals surface area contributed by atoms with Crippen molar-refractivity contribution in [3.63, 3.8) is 0 Å². The number of benzene rings is 1. The molecule has 3 rings (SSSR count). The Morgan fingerprint density at radius 1 is 1.00 bits per heavy atom. The molecule has 0 aromatic heterocycles. The normalized spacial score (nSPS) is 20.3. The number of nitrogens with zero attached hydrogens (tertiary/aromatic N) is 1. The zero-order valence-electron chi connectivity index (χ0n) is 12.1. The van der Waals surface area contributed by atoms with Gasteiger partial charge in [0, 0.05) is 13.1 Å². The van der Waals surface area contributed by atoms with Crippen molar-refractivity contribution in [2.45, 2.75) is 62.3 Å². The number of fused-ring (bicyclic) bond motifs is 1. The molecule has 0 unspecified atom stereocenters. The summed E-state index contributed by atoms with van der Waals surface area (Å²) in [6, 6.07) is 5.92. The van der Waals surface area contributed by atoms with Crippen molar-refractivity contribution in [1.29, 1.82) is 0 Å². The van der Waals surface area contributed by atoms with Crippen LogP contribution in [0.1, 0.15) is 49.7 Å². The van der Waals surface area contributed by atoms with Crippen molar-refractivity contribution >= 4 is 10.0 Å². The van der Waals surface area contributed by atoms with Crippen LogP contribution in [0.5, 0.6) is 0 Å². The molecule has 2 aliphatic rings. The molecule has 110 valence electrons. The topological polar surface area (TPSA) is 37.4 Å². The van der Waals surface area contributed by atoms with E-state index in [1.807, 2.05) is 12.1 Å². The van der Waals surface area contributed by atoms with Crippen LogP contribution in [0.2, 0.25) is 0 Å². The van der Waals surface area contributed by atoms with Gasteiger partial charge in [-0.25, -0.2) is 8.42 Å². The van der Waals surface area contributed by atoms with Gasteiger partial charge in [0.05, 0.1) is 4.90 Å². The Hall–Kier alpha value is -0.870. The molecule has 0 atom stereocenters. The highest BCUT2D eigenvalue weighted by atomic mass is 32.2. The van der Waals surface area contributed by atoms with Crippen molar-refractivity contribution in [1.82, 2.24) is 4.31 Å². The Labute approximate surface area is 122 Å². The predicted molar refractivity (Wildman–Crippen MR) is 80.3 cm³/mol. The third kappa shape index (κ3) is 2.51. The summed E-state index contributed by atoms with van der Waals surface area (Å²) in [5, 5.41) is 0. The Balaban J connectivity index is 1.90. The number of hydrogen-bond acceptors (Lipinski definition) is 2. The number of sulfonamides is 1. The Morgan fingerprint density at radius 3 is 2.35 bits per heavy atom. The lowest BCUT2D eigenvalue weighted by atomic mass is 9.92. The van der Waals surface area contributed by atoms with E-state index in [1.54, 1.807) is 17.4 Å². The minimum Gasteiger partial charge on any atom is -0.207 e. The van der Waals surface area contributed by atoms with E-state index in [0.717, 1.165) is 38.5 Å². The van der Waals surface area contributed by atoms with Crippen LogP contribution in [0.25, 0.3) is 0 Å². The molecule has 0 amide bonds. The molecule has 20 heavy (non-hydrogen) atoms. The van der Waals surface area contributed by atoms with Gasteiger partial charge in [0.25, 0.3) is 0 Å². The Bertz CT molecular complexity index is 588. The van der Waals surface area contributed by atoms with E-state index in [9.17, 15) is 8.42 Å². The van der Waals surface area contributed by atoms with E-state index in [4.69, 9.17) is 0 Å². The van der Waals surface area contributed by atoms with Gasteiger partial charge in [-0.05, 0) is 61.8 Å². The zero-order chi connectivity index (χ0) is 14.2. The SMILES string of the molecule is CN(C1CCCC1)S(=O)(=O)c1ccc2c(c1)CCCC2. The Kier molecular flexibility index (Phi) is 3.87. The fourth-order valence-corrected chi connectivity index (χ4v) is 4.97. The van der Waals surface area contributed by atoms with E-state index in [2.05, 4.69) is 0 Å². The second-order valence-electron chi connectivity index (χ2n) is 6.10. The lowest BCUT2D eigenvalue weighted by Crippen LogP contribution is -2.35. The summed E-state index contributed by atoms with van der Waals surface area (Å²) < 4.78 is 27.1. The van der Waals surface area contributed by atoms with Gasteiger partial charge < -0.3 is 0 Å². The lowest BCUT2D eigenvalue weighted by Gasteiger charge is -2.24. The average Bonchev–Trinajstić information content (AvgIpc) is 3.00. The first-order valence-corrected chi connectivity index (χ1v) is 9.13. The molecule has 1 fully saturated rings. The number of hydrogen-bond donors (Lipinski definition) is 0. The van der Waals surface area contributed by atoms with Gasteiger partial charge in [0.1, 0.15) is 0 Å². The van der Waals surface area contributed by atoms with E-state index >= 15 is 0 Å². The summed E-state index contributed by atoms with van der Waals surface area (Å²) in [7, 11) is -1.58. The summed E-state index contributed by atoms with van der Waals surface area (Å²) in [5.41, 5.74) is 2.57. The van der Waals surface area contributed by atoms with Gasteiger partial charge in [0.2, 0.25) is 10.0 Å². The molecule has 0 N–H and O–H groups in total. The van der Waals surface area contributed by atoms with Gasteiger partial charge in [-0.1, -0.05) is 18.9 Å². The minimum atomic E-state index is -3.32. The quantitative estimate of drug-likeness (QED) is 0.858. The van der Waals surface area contributed by atoms with Gasteiger partial charge in [-0.15, -0.1) is 0 Å². The van der Waals surface area contributed by atoms with Crippen molar-refractivity contribution in [2.75, 3.05) is 7.05 Å². The second-order valence-corrected chi connectivity index (χ2v) is 8.09. The van der Waals surface area contributed by atoms with E-state index < -0.39 is 10.0 Å². The van der Waals surface area contributed by atoms with Crippen LogP contribution in [0.3, 0.4) is 0 Å². The van der Waals surface area contributed by atoms with Gasteiger partial charge >= 0.3 is 0 Å². The summed E-state index contributed by atoms with van der Waals surface area (Å²) in [6.07, 6.45) is 8.81. The van der Waals surface area contributed by atoms with E-state index in [0.29, 0.717) is 4.90 Å². The zero-order valence-corrected chi connectivity index (χ0v) is 13.0. The Morgan fingerprint density at radius 2 is 1.65 bits per heavy atom. The molecule has 0 aliphatic heterocycles. The van der Waals surface area contributed by atoms with Crippen LogP contribution >= 0.6 is 0 Å². The highest BCUT2D eigenvalue weighted by Crippen LogP contribution is 2.29. The summed E-state index contributed by atoms with van der Waals surface area (Å²) in [5.74, 6) is 0. The van der Waals surface area contributed by atoms with Crippen LogP contribution in [0.15, 0.2) is 23.1 Å². The smallest absolute Gasteiger partial charge is 0.207 e. The van der Waals surface area contributed by atoms with Crippen LogP contribution in [-0.2, 0) is 22.9 Å². The van der Waals surface area contributed by atoms with Gasteiger partial charge in [0.15, 0.2) is 0 Å². The minimum absolute atomic E-state index is 0.191. The molecule has 1 aromatic rings. The summed E-state index contributed by atoms with van der Waals surface area (Å²) in [4.78, 5) is 0.479. The highest BCUT2D eigenvalue weighted by Gasteiger charge is 2.30. The van der Waals surface area contributed by atoms with E-state index in [1.165, 1.54) is 24.0 Å². The molecule has 4 heteroatoms. The molecule has 3 nitrogen and oxygen atoms in total. The molecule has 2 aliphatic carbocycles. The van der Waals surface area contributed by atoms with Crippen molar-refractivity contribution < 1.29 is 8.42 Å². The fourth-order valence-electron chi connectivity index (χ4n) is 3.50. The molecular formula is C16H23NO2S. The molecule has 0 bridgehead atoms. The first-order valence-electron chi connectivity index (χ1n) is 7.69. The highest BCUT2D eigenvalue weighted by molar-refractivity contribution is 7.89. The summed E-state index contributed by atoms with van der Waals surface area (Å²) in [6.45, 7) is 0. The van der Waals surface area contributed by atoms with Gasteiger partial charge in [-0.2, -0.15) is 4.31 Å². The third-order valence-electron chi connectivity index (χ3n) is 4.84. The monoisotopic (exact) mass is 293 g/mol. The maximum atomic E-state index is 12.7. The number of rotatable bonds is 3. The molecule has 0 radical (unpaired) electrons. The molecule has 1 saturated carbocycles. The first kappa shape index (κ1) is 14.1. The van der Waals surface area contributed by atoms with Crippen LogP contribution in [0.4, 0.5) is 0 Å². The molecular weight excluding hydrogens is 270 g/mol. The van der Waals surface area contributed by atoms with Crippen molar-refractivity contribution in [3.8, 4) is 0 Å². The molecule has 1 aromatic carbocycles. The first-order chi connectivity index (χ1) is 9.59. The predicted octanol–water partition coefficient (Wildman–Crippen LogP) is 3.13.